The molecule has 1 aromatic rings. The normalized spacial score (nSPS) is 28.0. The number of piperidine rings is 1. The van der Waals surface area contributed by atoms with E-state index < -0.39 is 5.97 Å². The van der Waals surface area contributed by atoms with Gasteiger partial charge in [0.05, 0.1) is 10.7 Å². The summed E-state index contributed by atoms with van der Waals surface area (Å²) in [4.78, 5) is 20.7. The van der Waals surface area contributed by atoms with Gasteiger partial charge in [0.15, 0.2) is 0 Å². The van der Waals surface area contributed by atoms with Crippen molar-refractivity contribution >= 4 is 17.3 Å². The molecule has 0 spiro atoms. The van der Waals surface area contributed by atoms with Gasteiger partial charge in [-0.2, -0.15) is 0 Å². The van der Waals surface area contributed by atoms with Crippen LogP contribution in [0.3, 0.4) is 0 Å². The molecule has 116 valence electrons. The van der Waals surface area contributed by atoms with E-state index in [0.717, 1.165) is 43.2 Å². The van der Waals surface area contributed by atoms with E-state index in [9.17, 15) is 9.90 Å². The molecular weight excluding hydrogens is 286 g/mol. The molecule has 3 rings (SSSR count). The van der Waals surface area contributed by atoms with Gasteiger partial charge in [0.2, 0.25) is 0 Å². The Kier molecular flexibility index (Phi) is 4.57. The lowest BCUT2D eigenvalue weighted by molar-refractivity contribution is -0.146. The molecule has 2 aliphatic rings. The topological polar surface area (TPSA) is 56.7 Å². The fourth-order valence-corrected chi connectivity index (χ4v) is 4.17. The summed E-state index contributed by atoms with van der Waals surface area (Å²) in [7, 11) is 0. The maximum Gasteiger partial charge on any atom is 0.320 e. The van der Waals surface area contributed by atoms with Crippen LogP contribution in [0.1, 0.15) is 36.4 Å². The summed E-state index contributed by atoms with van der Waals surface area (Å²) < 4.78 is 0. The van der Waals surface area contributed by atoms with Gasteiger partial charge < -0.3 is 10.0 Å². The van der Waals surface area contributed by atoms with E-state index in [1.54, 1.807) is 11.3 Å². The van der Waals surface area contributed by atoms with Crippen LogP contribution in [-0.4, -0.2) is 57.6 Å². The van der Waals surface area contributed by atoms with Gasteiger partial charge in [0.25, 0.3) is 0 Å². The Bertz CT molecular complexity index is 499. The number of likely N-dealkylation sites (tertiary alicyclic amines) is 2. The zero-order valence-corrected chi connectivity index (χ0v) is 13.3. The Balaban J connectivity index is 1.65. The van der Waals surface area contributed by atoms with E-state index in [1.165, 1.54) is 12.8 Å². The van der Waals surface area contributed by atoms with E-state index in [2.05, 4.69) is 14.8 Å². The van der Waals surface area contributed by atoms with Crippen molar-refractivity contribution in [3.8, 4) is 0 Å². The largest absolute Gasteiger partial charge is 0.480 e. The first-order valence-electron chi connectivity index (χ1n) is 7.75. The van der Waals surface area contributed by atoms with Crippen LogP contribution in [0.5, 0.6) is 0 Å². The van der Waals surface area contributed by atoms with Crippen LogP contribution in [0, 0.1) is 6.92 Å². The van der Waals surface area contributed by atoms with Crippen LogP contribution in [0.4, 0.5) is 0 Å². The maximum atomic E-state index is 11.6. The van der Waals surface area contributed by atoms with Crippen molar-refractivity contribution in [1.82, 2.24) is 14.8 Å². The summed E-state index contributed by atoms with van der Waals surface area (Å²) >= 11 is 1.63. The lowest BCUT2D eigenvalue weighted by Crippen LogP contribution is -2.52. The molecule has 0 aromatic carbocycles. The second-order valence-electron chi connectivity index (χ2n) is 6.10. The van der Waals surface area contributed by atoms with Crippen LogP contribution in [0.15, 0.2) is 5.38 Å². The highest BCUT2D eigenvalue weighted by molar-refractivity contribution is 7.09. The Morgan fingerprint density at radius 1 is 1.43 bits per heavy atom. The first kappa shape index (κ1) is 14.9. The molecule has 21 heavy (non-hydrogen) atoms. The molecule has 0 amide bonds. The van der Waals surface area contributed by atoms with Crippen molar-refractivity contribution in [3.05, 3.63) is 16.1 Å². The zero-order chi connectivity index (χ0) is 14.8. The molecule has 2 unspecified atom stereocenters. The van der Waals surface area contributed by atoms with Crippen LogP contribution < -0.4 is 0 Å². The summed E-state index contributed by atoms with van der Waals surface area (Å²) in [5.74, 6) is -0.689. The van der Waals surface area contributed by atoms with Gasteiger partial charge in [-0.15, -0.1) is 11.3 Å². The van der Waals surface area contributed by atoms with E-state index >= 15 is 0 Å². The molecule has 2 saturated heterocycles. The number of carbonyl (C=O) groups is 1. The number of carboxylic acids is 1. The molecule has 2 aliphatic heterocycles. The molecule has 5 nitrogen and oxygen atoms in total. The molecular formula is C15H23N3O2S. The predicted octanol–water partition coefficient (Wildman–Crippen LogP) is 1.96. The number of thiazole rings is 1. The average molecular weight is 309 g/mol. The van der Waals surface area contributed by atoms with Gasteiger partial charge in [-0.3, -0.25) is 9.69 Å². The van der Waals surface area contributed by atoms with E-state index in [1.807, 2.05) is 12.3 Å². The third-order valence-electron chi connectivity index (χ3n) is 4.66. The molecule has 6 heteroatoms. The number of carboxylic acid groups (broad SMARTS) is 1. The van der Waals surface area contributed by atoms with Crippen molar-refractivity contribution in [3.63, 3.8) is 0 Å². The van der Waals surface area contributed by atoms with Crippen LogP contribution in [-0.2, 0) is 11.3 Å². The Hall–Kier alpha value is -0.980. The van der Waals surface area contributed by atoms with Crippen LogP contribution in [0.2, 0.25) is 0 Å². The molecule has 2 fully saturated rings. The first-order chi connectivity index (χ1) is 10.1. The second kappa shape index (κ2) is 6.42. The molecule has 0 aliphatic carbocycles. The summed E-state index contributed by atoms with van der Waals surface area (Å²) in [6, 6.07) is 0.0772. The van der Waals surface area contributed by atoms with Crippen molar-refractivity contribution in [1.29, 1.82) is 0 Å². The molecule has 3 heterocycles. The number of aromatic nitrogens is 1. The van der Waals surface area contributed by atoms with E-state index in [0.29, 0.717) is 12.6 Å². The highest BCUT2D eigenvalue weighted by Gasteiger charge is 2.36. The molecule has 0 saturated carbocycles. The third-order valence-corrected chi connectivity index (χ3v) is 5.48. The van der Waals surface area contributed by atoms with Gasteiger partial charge in [0, 0.05) is 24.5 Å². The number of hydrogen-bond acceptors (Lipinski definition) is 5. The number of rotatable bonds is 4. The molecule has 0 radical (unpaired) electrons. The summed E-state index contributed by atoms with van der Waals surface area (Å²) in [6.07, 6.45) is 4.34. The third kappa shape index (κ3) is 3.44. The number of hydrogen-bond donors (Lipinski definition) is 1. The molecule has 1 aromatic heterocycles. The highest BCUT2D eigenvalue weighted by atomic mass is 32.1. The molecule has 0 bridgehead atoms. The van der Waals surface area contributed by atoms with Gasteiger partial charge >= 0.3 is 5.97 Å². The quantitative estimate of drug-likeness (QED) is 0.921. The fraction of sp³-hybridized carbons (Fsp3) is 0.733. The van der Waals surface area contributed by atoms with E-state index in [4.69, 9.17) is 0 Å². The standard InChI is InChI=1S/C15H23N3O2S/c1-11-16-12(10-21-11)9-18-7-4-13(8-14(18)15(19)20)17-5-2-3-6-17/h10,13-14H,2-9H2,1H3,(H,19,20). The smallest absolute Gasteiger partial charge is 0.320 e. The van der Waals surface area contributed by atoms with Crippen molar-refractivity contribution in [2.24, 2.45) is 0 Å². The Morgan fingerprint density at radius 2 is 2.19 bits per heavy atom. The van der Waals surface area contributed by atoms with Crippen LogP contribution >= 0.6 is 11.3 Å². The number of nitrogens with zero attached hydrogens (tertiary/aromatic N) is 3. The SMILES string of the molecule is Cc1nc(CN2CCC(N3CCCC3)CC2C(=O)O)cs1. The minimum absolute atomic E-state index is 0.369. The van der Waals surface area contributed by atoms with Crippen molar-refractivity contribution in [2.45, 2.75) is 51.2 Å². The summed E-state index contributed by atoms with van der Waals surface area (Å²) in [5.41, 5.74) is 1.00. The minimum atomic E-state index is -0.689. The molecule has 2 atom stereocenters. The lowest BCUT2D eigenvalue weighted by atomic mass is 9.95. The summed E-state index contributed by atoms with van der Waals surface area (Å²) in [6.45, 7) is 5.79. The lowest BCUT2D eigenvalue weighted by Gasteiger charge is -2.40. The van der Waals surface area contributed by atoms with Gasteiger partial charge in [-0.1, -0.05) is 0 Å². The highest BCUT2D eigenvalue weighted by Crippen LogP contribution is 2.26. The fourth-order valence-electron chi connectivity index (χ4n) is 3.57. The van der Waals surface area contributed by atoms with Crippen LogP contribution in [0.25, 0.3) is 0 Å². The maximum absolute atomic E-state index is 11.6. The first-order valence-corrected chi connectivity index (χ1v) is 8.63. The van der Waals surface area contributed by atoms with Crippen molar-refractivity contribution in [2.75, 3.05) is 19.6 Å². The number of aliphatic carboxylic acids is 1. The monoisotopic (exact) mass is 309 g/mol. The summed E-state index contributed by atoms with van der Waals surface area (Å²) in [5, 5.41) is 12.7. The zero-order valence-electron chi connectivity index (χ0n) is 12.5. The Labute approximate surface area is 129 Å². The number of aryl methyl sites for hydroxylation is 1. The van der Waals surface area contributed by atoms with Gasteiger partial charge in [-0.05, 0) is 45.7 Å². The van der Waals surface area contributed by atoms with Gasteiger partial charge in [-0.25, -0.2) is 4.98 Å². The van der Waals surface area contributed by atoms with E-state index in [-0.39, 0.29) is 6.04 Å². The predicted molar refractivity (Wildman–Crippen MR) is 82.5 cm³/mol. The second-order valence-corrected chi connectivity index (χ2v) is 7.17. The Morgan fingerprint density at radius 3 is 2.81 bits per heavy atom. The van der Waals surface area contributed by atoms with Gasteiger partial charge in [0.1, 0.15) is 6.04 Å². The molecule has 1 N–H and O–H groups in total. The minimum Gasteiger partial charge on any atom is -0.480 e. The average Bonchev–Trinajstić information content (AvgIpc) is 3.11. The van der Waals surface area contributed by atoms with Crippen molar-refractivity contribution < 1.29 is 9.90 Å².